The number of benzene rings is 2. The predicted octanol–water partition coefficient (Wildman–Crippen LogP) is 2.53. The summed E-state index contributed by atoms with van der Waals surface area (Å²) in [6.45, 7) is 1.39. The van der Waals surface area contributed by atoms with Crippen molar-refractivity contribution in [3.8, 4) is 16.9 Å². The molecule has 0 bridgehead atoms. The number of hydrogen-bond acceptors (Lipinski definition) is 4. The Labute approximate surface area is 146 Å². The Hall–Kier alpha value is -3.15. The van der Waals surface area contributed by atoms with Crippen molar-refractivity contribution in [2.75, 3.05) is 13.2 Å². The van der Waals surface area contributed by atoms with Gasteiger partial charge in [0.1, 0.15) is 12.4 Å². The van der Waals surface area contributed by atoms with Gasteiger partial charge in [0.05, 0.1) is 19.3 Å². The molecule has 3 rings (SSSR count). The number of ether oxygens (including phenoxy) is 1. The zero-order valence-electron chi connectivity index (χ0n) is 13.8. The average molecular weight is 336 g/mol. The van der Waals surface area contributed by atoms with Gasteiger partial charge in [-0.3, -0.25) is 9.48 Å². The second kappa shape index (κ2) is 8.63. The number of hydrogen-bond donors (Lipinski definition) is 1. The van der Waals surface area contributed by atoms with Crippen LogP contribution >= 0.6 is 0 Å². The third-order valence-corrected chi connectivity index (χ3v) is 3.69. The second-order valence-corrected chi connectivity index (χ2v) is 5.48. The van der Waals surface area contributed by atoms with Gasteiger partial charge in [-0.15, -0.1) is 5.10 Å². The number of carbonyl (C=O) groups is 1. The van der Waals surface area contributed by atoms with Crippen LogP contribution < -0.4 is 10.1 Å². The molecule has 0 spiro atoms. The Kier molecular flexibility index (Phi) is 5.77. The molecule has 1 heterocycles. The highest BCUT2D eigenvalue weighted by molar-refractivity contribution is 5.75. The van der Waals surface area contributed by atoms with Gasteiger partial charge in [-0.25, -0.2) is 0 Å². The molecule has 1 amide bonds. The normalized spacial score (nSPS) is 10.4. The Balaban J connectivity index is 1.46. The molecule has 0 aliphatic rings. The van der Waals surface area contributed by atoms with E-state index in [2.05, 4.69) is 15.6 Å². The lowest BCUT2D eigenvalue weighted by Crippen LogP contribution is -2.28. The molecule has 3 aromatic rings. The molecule has 1 aromatic heterocycles. The zero-order valence-corrected chi connectivity index (χ0v) is 13.8. The molecule has 25 heavy (non-hydrogen) atoms. The van der Waals surface area contributed by atoms with Gasteiger partial charge in [-0.1, -0.05) is 53.7 Å². The number of rotatable bonds is 8. The van der Waals surface area contributed by atoms with Gasteiger partial charge in [0.15, 0.2) is 0 Å². The molecule has 0 saturated carbocycles. The minimum absolute atomic E-state index is 0.0320. The Morgan fingerprint density at radius 1 is 1.08 bits per heavy atom. The summed E-state index contributed by atoms with van der Waals surface area (Å²) < 4.78 is 7.48. The molecule has 0 unspecified atom stereocenters. The molecule has 128 valence electrons. The van der Waals surface area contributed by atoms with Crippen molar-refractivity contribution in [2.24, 2.45) is 0 Å². The summed E-state index contributed by atoms with van der Waals surface area (Å²) in [4.78, 5) is 11.8. The van der Waals surface area contributed by atoms with E-state index in [1.807, 2.05) is 54.6 Å². The van der Waals surface area contributed by atoms with Crippen molar-refractivity contribution >= 4 is 5.91 Å². The van der Waals surface area contributed by atoms with Crippen LogP contribution in [0.25, 0.3) is 11.1 Å². The molecule has 1 N–H and O–H groups in total. The first-order valence-corrected chi connectivity index (χ1v) is 8.21. The number of nitrogens with one attached hydrogen (secondary N) is 1. The van der Waals surface area contributed by atoms with Crippen LogP contribution in [0.4, 0.5) is 0 Å². The quantitative estimate of drug-likeness (QED) is 0.642. The predicted molar refractivity (Wildman–Crippen MR) is 95.0 cm³/mol. The van der Waals surface area contributed by atoms with Crippen LogP contribution in [0.2, 0.25) is 0 Å². The fourth-order valence-corrected chi connectivity index (χ4v) is 2.46. The summed E-state index contributed by atoms with van der Waals surface area (Å²) in [5.74, 6) is 0.779. The first kappa shape index (κ1) is 16.7. The van der Waals surface area contributed by atoms with Crippen molar-refractivity contribution in [1.82, 2.24) is 20.3 Å². The molecule has 6 nitrogen and oxygen atoms in total. The monoisotopic (exact) mass is 336 g/mol. The average Bonchev–Trinajstić information content (AvgIpc) is 3.18. The summed E-state index contributed by atoms with van der Waals surface area (Å²) in [5.41, 5.74) is 2.15. The molecule has 0 aliphatic heterocycles. The van der Waals surface area contributed by atoms with Crippen molar-refractivity contribution in [1.29, 1.82) is 0 Å². The summed E-state index contributed by atoms with van der Waals surface area (Å²) in [7, 11) is 0. The van der Waals surface area contributed by atoms with Gasteiger partial charge in [-0.2, -0.15) is 0 Å². The maximum absolute atomic E-state index is 11.8. The van der Waals surface area contributed by atoms with Crippen molar-refractivity contribution in [3.63, 3.8) is 0 Å². The molecular weight excluding hydrogens is 316 g/mol. The van der Waals surface area contributed by atoms with E-state index in [1.54, 1.807) is 17.1 Å². The zero-order chi connectivity index (χ0) is 17.3. The summed E-state index contributed by atoms with van der Waals surface area (Å²) >= 11 is 0. The molecular formula is C19H20N4O2. The molecule has 0 aliphatic carbocycles. The van der Waals surface area contributed by atoms with E-state index < -0.39 is 0 Å². The lowest BCUT2D eigenvalue weighted by Gasteiger charge is -2.12. The van der Waals surface area contributed by atoms with Gasteiger partial charge in [0.25, 0.3) is 0 Å². The molecule has 0 fully saturated rings. The van der Waals surface area contributed by atoms with Gasteiger partial charge in [-0.05, 0) is 11.6 Å². The minimum atomic E-state index is -0.0320. The largest absolute Gasteiger partial charge is 0.491 e. The number of para-hydroxylation sites is 1. The maximum Gasteiger partial charge on any atom is 0.221 e. The second-order valence-electron chi connectivity index (χ2n) is 5.48. The van der Waals surface area contributed by atoms with Crippen LogP contribution in [-0.4, -0.2) is 34.1 Å². The fourth-order valence-electron chi connectivity index (χ4n) is 2.46. The molecule has 0 atom stereocenters. The topological polar surface area (TPSA) is 69.0 Å². The highest BCUT2D eigenvalue weighted by atomic mass is 16.5. The first-order chi connectivity index (χ1) is 12.3. The first-order valence-electron chi connectivity index (χ1n) is 8.21. The number of aromatic nitrogens is 3. The van der Waals surface area contributed by atoms with Crippen LogP contribution in [0.1, 0.15) is 6.42 Å². The highest BCUT2D eigenvalue weighted by Crippen LogP contribution is 2.29. The van der Waals surface area contributed by atoms with E-state index in [-0.39, 0.29) is 5.91 Å². The molecule has 0 radical (unpaired) electrons. The van der Waals surface area contributed by atoms with E-state index in [0.29, 0.717) is 26.1 Å². The van der Waals surface area contributed by atoms with Gasteiger partial charge < -0.3 is 10.1 Å². The van der Waals surface area contributed by atoms with Crippen molar-refractivity contribution in [3.05, 3.63) is 67.0 Å². The number of nitrogens with zero attached hydrogens (tertiary/aromatic N) is 3. The fraction of sp³-hybridized carbons (Fsp3) is 0.211. The summed E-state index contributed by atoms with van der Waals surface area (Å²) in [6.07, 6.45) is 3.69. The standard InChI is InChI=1S/C19H20N4O2/c24-19(10-13-23-14-11-21-22-23)20-12-15-25-18-9-5-4-8-17(18)16-6-2-1-3-7-16/h1-9,11,14H,10,12-13,15H2,(H,20,24). The maximum atomic E-state index is 11.8. The lowest BCUT2D eigenvalue weighted by atomic mass is 10.1. The van der Waals surface area contributed by atoms with Crippen molar-refractivity contribution < 1.29 is 9.53 Å². The number of carbonyl (C=O) groups excluding carboxylic acids is 1. The molecule has 2 aromatic carbocycles. The smallest absolute Gasteiger partial charge is 0.221 e. The van der Waals surface area contributed by atoms with Gasteiger partial charge in [0, 0.05) is 18.2 Å². The van der Waals surface area contributed by atoms with Crippen LogP contribution in [0, 0.1) is 0 Å². The van der Waals surface area contributed by atoms with Gasteiger partial charge >= 0.3 is 0 Å². The molecule has 6 heteroatoms. The van der Waals surface area contributed by atoms with Crippen LogP contribution in [-0.2, 0) is 11.3 Å². The van der Waals surface area contributed by atoms with E-state index in [0.717, 1.165) is 16.9 Å². The summed E-state index contributed by atoms with van der Waals surface area (Å²) in [6, 6.07) is 18.0. The van der Waals surface area contributed by atoms with Crippen molar-refractivity contribution in [2.45, 2.75) is 13.0 Å². The lowest BCUT2D eigenvalue weighted by molar-refractivity contribution is -0.121. The summed E-state index contributed by atoms with van der Waals surface area (Å²) in [5, 5.41) is 10.4. The third kappa shape index (κ3) is 4.91. The number of aryl methyl sites for hydroxylation is 1. The van der Waals surface area contributed by atoms with E-state index in [4.69, 9.17) is 4.74 Å². The Morgan fingerprint density at radius 3 is 2.68 bits per heavy atom. The minimum Gasteiger partial charge on any atom is -0.491 e. The SMILES string of the molecule is O=C(CCn1ccnn1)NCCOc1ccccc1-c1ccccc1. The van der Waals surface area contributed by atoms with Crippen LogP contribution in [0.5, 0.6) is 5.75 Å². The van der Waals surface area contributed by atoms with Gasteiger partial charge in [0.2, 0.25) is 5.91 Å². The van der Waals surface area contributed by atoms with E-state index in [1.165, 1.54) is 0 Å². The van der Waals surface area contributed by atoms with Crippen LogP contribution in [0.15, 0.2) is 67.0 Å². The Bertz CT molecular complexity index is 788. The Morgan fingerprint density at radius 2 is 1.88 bits per heavy atom. The highest BCUT2D eigenvalue weighted by Gasteiger charge is 2.06. The van der Waals surface area contributed by atoms with E-state index >= 15 is 0 Å². The van der Waals surface area contributed by atoms with E-state index in [9.17, 15) is 4.79 Å². The number of amides is 1. The third-order valence-electron chi connectivity index (χ3n) is 3.69. The van der Waals surface area contributed by atoms with Crippen LogP contribution in [0.3, 0.4) is 0 Å². The molecule has 0 saturated heterocycles.